The van der Waals surface area contributed by atoms with Crippen LogP contribution in [-0.4, -0.2) is 38.5 Å². The summed E-state index contributed by atoms with van der Waals surface area (Å²) in [4.78, 5) is 23.6. The fourth-order valence-electron chi connectivity index (χ4n) is 2.13. The number of nitrogens with zero attached hydrogens (tertiary/aromatic N) is 3. The van der Waals surface area contributed by atoms with E-state index in [-0.39, 0.29) is 6.61 Å². The van der Waals surface area contributed by atoms with Crippen LogP contribution in [0.2, 0.25) is 5.02 Å². The zero-order valence-electron chi connectivity index (χ0n) is 15.6. The average Bonchev–Trinajstić information content (AvgIpc) is 3.03. The van der Waals surface area contributed by atoms with Crippen LogP contribution < -0.4 is 15.4 Å². The van der Waals surface area contributed by atoms with Gasteiger partial charge in [-0.25, -0.2) is 4.79 Å². The number of amides is 3. The molecule has 0 aliphatic carbocycles. The van der Waals surface area contributed by atoms with Gasteiger partial charge >= 0.3 is 6.03 Å². The third-order valence-corrected chi connectivity index (χ3v) is 4.84. The van der Waals surface area contributed by atoms with Gasteiger partial charge in [0.05, 0.1) is 5.25 Å². The molecule has 150 valence electrons. The van der Waals surface area contributed by atoms with Crippen LogP contribution in [0.1, 0.15) is 19.7 Å². The maximum atomic E-state index is 12.1. The molecule has 0 saturated heterocycles. The van der Waals surface area contributed by atoms with Crippen molar-refractivity contribution in [2.75, 3.05) is 6.54 Å². The first kappa shape index (κ1) is 21.8. The molecule has 0 radical (unpaired) electrons. The molecule has 0 fully saturated rings. The number of thioether (sulfide) groups is 1. The van der Waals surface area contributed by atoms with E-state index >= 15 is 0 Å². The number of carbonyl (C=O) groups is 2. The number of rotatable bonds is 9. The normalized spacial score (nSPS) is 11.5. The number of ether oxygens (including phenoxy) is 1. The third-order valence-electron chi connectivity index (χ3n) is 3.51. The molecule has 0 aliphatic heterocycles. The van der Waals surface area contributed by atoms with Gasteiger partial charge in [0.15, 0.2) is 11.0 Å². The molecule has 28 heavy (non-hydrogen) atoms. The summed E-state index contributed by atoms with van der Waals surface area (Å²) >= 11 is 7.07. The quantitative estimate of drug-likeness (QED) is 0.475. The molecule has 1 aromatic heterocycles. The molecule has 0 bridgehead atoms. The van der Waals surface area contributed by atoms with Crippen molar-refractivity contribution in [1.82, 2.24) is 25.4 Å². The lowest BCUT2D eigenvalue weighted by molar-refractivity contribution is -0.119. The van der Waals surface area contributed by atoms with Crippen LogP contribution in [0, 0.1) is 0 Å². The van der Waals surface area contributed by atoms with Crippen LogP contribution >= 0.6 is 23.4 Å². The lowest BCUT2D eigenvalue weighted by Gasteiger charge is -2.12. The highest BCUT2D eigenvalue weighted by molar-refractivity contribution is 8.00. The minimum atomic E-state index is -0.541. The smallest absolute Gasteiger partial charge is 0.321 e. The number of hydrogen-bond acceptors (Lipinski definition) is 6. The van der Waals surface area contributed by atoms with Crippen LogP contribution in [0.3, 0.4) is 0 Å². The molecule has 0 saturated carbocycles. The Balaban J connectivity index is 2.04. The number of allylic oxidation sites excluding steroid dienone is 1. The third kappa shape index (κ3) is 6.28. The highest BCUT2D eigenvalue weighted by Gasteiger charge is 2.21. The molecule has 0 aliphatic rings. The summed E-state index contributed by atoms with van der Waals surface area (Å²) < 4.78 is 7.53. The Hall–Kier alpha value is -2.52. The Morgan fingerprint density at radius 1 is 1.36 bits per heavy atom. The van der Waals surface area contributed by atoms with E-state index < -0.39 is 17.2 Å². The maximum Gasteiger partial charge on any atom is 0.321 e. The first-order valence-corrected chi connectivity index (χ1v) is 9.87. The van der Waals surface area contributed by atoms with Gasteiger partial charge in [-0.2, -0.15) is 0 Å². The van der Waals surface area contributed by atoms with Gasteiger partial charge in [0.25, 0.3) is 0 Å². The first-order chi connectivity index (χ1) is 13.4. The van der Waals surface area contributed by atoms with E-state index in [1.54, 1.807) is 44.2 Å². The number of aromatic nitrogens is 3. The number of imide groups is 1. The summed E-state index contributed by atoms with van der Waals surface area (Å²) in [5.74, 6) is 0.832. The monoisotopic (exact) mass is 423 g/mol. The van der Waals surface area contributed by atoms with Crippen molar-refractivity contribution in [3.8, 4) is 5.75 Å². The van der Waals surface area contributed by atoms with Crippen molar-refractivity contribution >= 4 is 35.3 Å². The lowest BCUT2D eigenvalue weighted by atomic mass is 10.3. The van der Waals surface area contributed by atoms with Crippen molar-refractivity contribution in [2.45, 2.75) is 37.4 Å². The van der Waals surface area contributed by atoms with Gasteiger partial charge in [0, 0.05) is 18.1 Å². The van der Waals surface area contributed by atoms with Gasteiger partial charge in [-0.3, -0.25) is 14.7 Å². The summed E-state index contributed by atoms with van der Waals surface area (Å²) in [5.41, 5.74) is 0. The van der Waals surface area contributed by atoms with Crippen molar-refractivity contribution in [1.29, 1.82) is 0 Å². The maximum absolute atomic E-state index is 12.1. The Morgan fingerprint density at radius 3 is 2.71 bits per heavy atom. The van der Waals surface area contributed by atoms with E-state index in [1.807, 2.05) is 4.57 Å². The molecule has 3 amide bonds. The minimum absolute atomic E-state index is 0.197. The van der Waals surface area contributed by atoms with Crippen molar-refractivity contribution in [2.24, 2.45) is 0 Å². The largest absolute Gasteiger partial charge is 0.486 e. The second kappa shape index (κ2) is 10.7. The zero-order chi connectivity index (χ0) is 20.5. The molecule has 2 rings (SSSR count). The predicted molar refractivity (Wildman–Crippen MR) is 109 cm³/mol. The SMILES string of the molecule is C=CCn1c(COc2ccc(Cl)cc2)nnc1SC(C)C(=O)NC(=O)NCC. The number of carbonyl (C=O) groups excluding carboxylic acids is 2. The summed E-state index contributed by atoms with van der Waals surface area (Å²) in [6, 6.07) is 6.48. The minimum Gasteiger partial charge on any atom is -0.486 e. The number of nitrogens with one attached hydrogen (secondary N) is 2. The topological polar surface area (TPSA) is 98.1 Å². The Morgan fingerprint density at radius 2 is 2.07 bits per heavy atom. The van der Waals surface area contributed by atoms with Crippen LogP contribution in [0.4, 0.5) is 4.79 Å². The molecule has 1 atom stereocenters. The highest BCUT2D eigenvalue weighted by atomic mass is 35.5. The number of hydrogen-bond donors (Lipinski definition) is 2. The molecular formula is C18H22ClN5O3S. The molecule has 10 heteroatoms. The molecule has 1 unspecified atom stereocenters. The van der Waals surface area contributed by atoms with E-state index in [2.05, 4.69) is 27.4 Å². The Labute approximate surface area is 172 Å². The van der Waals surface area contributed by atoms with Gasteiger partial charge in [0.2, 0.25) is 5.91 Å². The summed E-state index contributed by atoms with van der Waals surface area (Å²) in [6.45, 7) is 8.30. The van der Waals surface area contributed by atoms with E-state index in [9.17, 15) is 9.59 Å². The summed E-state index contributed by atoms with van der Waals surface area (Å²) in [5, 5.41) is 13.7. The fourth-order valence-corrected chi connectivity index (χ4v) is 3.14. The Kier molecular flexibility index (Phi) is 8.34. The predicted octanol–water partition coefficient (Wildman–Crippen LogP) is 3.02. The van der Waals surface area contributed by atoms with Crippen molar-refractivity contribution < 1.29 is 14.3 Å². The van der Waals surface area contributed by atoms with Gasteiger partial charge in [-0.05, 0) is 38.1 Å². The first-order valence-electron chi connectivity index (χ1n) is 8.61. The van der Waals surface area contributed by atoms with Crippen LogP contribution in [0.5, 0.6) is 5.75 Å². The van der Waals surface area contributed by atoms with Crippen LogP contribution in [0.15, 0.2) is 42.1 Å². The molecule has 8 nitrogen and oxygen atoms in total. The standard InChI is InChI=1S/C18H22ClN5O3S/c1-4-10-24-15(11-27-14-8-6-13(19)7-9-14)22-23-18(24)28-12(3)16(25)21-17(26)20-5-2/h4,6-9,12H,1,5,10-11H2,2-3H3,(H2,20,21,25,26). The molecular weight excluding hydrogens is 402 g/mol. The van der Waals surface area contributed by atoms with Crippen LogP contribution in [-0.2, 0) is 17.9 Å². The second-order valence-corrected chi connectivity index (χ2v) is 7.39. The number of urea groups is 1. The van der Waals surface area contributed by atoms with E-state index in [0.717, 1.165) is 0 Å². The van der Waals surface area contributed by atoms with Crippen molar-refractivity contribution in [3.63, 3.8) is 0 Å². The van der Waals surface area contributed by atoms with Gasteiger partial charge in [-0.1, -0.05) is 29.4 Å². The second-order valence-electron chi connectivity index (χ2n) is 5.65. The van der Waals surface area contributed by atoms with Gasteiger partial charge in [-0.15, -0.1) is 16.8 Å². The van der Waals surface area contributed by atoms with E-state index in [1.165, 1.54) is 11.8 Å². The van der Waals surface area contributed by atoms with Gasteiger partial charge < -0.3 is 10.1 Å². The number of benzene rings is 1. The number of halogens is 1. The van der Waals surface area contributed by atoms with Crippen molar-refractivity contribution in [3.05, 3.63) is 47.8 Å². The fraction of sp³-hybridized carbons (Fsp3) is 0.333. The average molecular weight is 424 g/mol. The highest BCUT2D eigenvalue weighted by Crippen LogP contribution is 2.23. The van der Waals surface area contributed by atoms with Gasteiger partial charge in [0.1, 0.15) is 12.4 Å². The molecule has 1 heterocycles. The summed E-state index contributed by atoms with van der Waals surface area (Å²) in [6.07, 6.45) is 1.71. The Bertz CT molecular complexity index is 825. The lowest BCUT2D eigenvalue weighted by Crippen LogP contribution is -2.42. The molecule has 2 aromatic rings. The zero-order valence-corrected chi connectivity index (χ0v) is 17.2. The molecule has 2 N–H and O–H groups in total. The van der Waals surface area contributed by atoms with Crippen LogP contribution in [0.25, 0.3) is 0 Å². The molecule has 1 aromatic carbocycles. The summed E-state index contributed by atoms with van der Waals surface area (Å²) in [7, 11) is 0. The van der Waals surface area contributed by atoms with E-state index in [0.29, 0.717) is 34.8 Å². The molecule has 0 spiro atoms. The van der Waals surface area contributed by atoms with E-state index in [4.69, 9.17) is 16.3 Å².